The number of hydrogen-bond acceptors (Lipinski definition) is 3. The number of benzene rings is 1. The molecule has 5 N–H and O–H groups in total. The number of carbonyl (C=O) groups excluding carboxylic acids is 2. The van der Waals surface area contributed by atoms with Crippen molar-refractivity contribution in [2.45, 2.75) is 0 Å². The third kappa shape index (κ3) is 3.57. The summed E-state index contributed by atoms with van der Waals surface area (Å²) in [5.41, 5.74) is 10.9. The first-order chi connectivity index (χ1) is 6.65. The Balaban J connectivity index is 0.00000196. The molecule has 0 radical (unpaired) electrons. The van der Waals surface area contributed by atoms with Crippen molar-refractivity contribution in [3.05, 3.63) is 29.8 Å². The zero-order valence-corrected chi connectivity index (χ0v) is 8.71. The van der Waals surface area contributed by atoms with E-state index in [1.54, 1.807) is 18.2 Å². The van der Waals surface area contributed by atoms with Crippen LogP contribution in [0, 0.1) is 0 Å². The van der Waals surface area contributed by atoms with Gasteiger partial charge in [-0.2, -0.15) is 0 Å². The zero-order chi connectivity index (χ0) is 10.6. The Morgan fingerprint density at radius 2 is 1.87 bits per heavy atom. The fourth-order valence-corrected chi connectivity index (χ4v) is 1.01. The minimum atomic E-state index is -0.585. The van der Waals surface area contributed by atoms with E-state index in [0.29, 0.717) is 5.69 Å². The van der Waals surface area contributed by atoms with E-state index < -0.39 is 5.91 Å². The molecule has 1 rings (SSSR count). The Kier molecular flexibility index (Phi) is 5.36. The van der Waals surface area contributed by atoms with Gasteiger partial charge in [-0.25, -0.2) is 0 Å². The van der Waals surface area contributed by atoms with E-state index in [0.717, 1.165) is 0 Å². The minimum absolute atomic E-state index is 0. The molecule has 0 aliphatic heterocycles. The third-order valence-electron chi connectivity index (χ3n) is 1.65. The Morgan fingerprint density at radius 1 is 1.27 bits per heavy atom. The van der Waals surface area contributed by atoms with Gasteiger partial charge in [-0.15, -0.1) is 12.4 Å². The smallest absolute Gasteiger partial charge is 0.250 e. The molecule has 5 nitrogen and oxygen atoms in total. The number of nitrogens with two attached hydrogens (primary N) is 2. The number of carbonyl (C=O) groups is 2. The van der Waals surface area contributed by atoms with E-state index >= 15 is 0 Å². The van der Waals surface area contributed by atoms with Gasteiger partial charge in [0.1, 0.15) is 0 Å². The van der Waals surface area contributed by atoms with Crippen LogP contribution in [0.15, 0.2) is 24.3 Å². The highest BCUT2D eigenvalue weighted by molar-refractivity contribution is 6.03. The molecule has 2 amide bonds. The number of rotatable bonds is 3. The molecule has 0 saturated carbocycles. The van der Waals surface area contributed by atoms with Crippen molar-refractivity contribution in [3.8, 4) is 0 Å². The highest BCUT2D eigenvalue weighted by Gasteiger charge is 2.08. The van der Waals surface area contributed by atoms with Crippen molar-refractivity contribution < 1.29 is 9.59 Å². The fraction of sp³-hybridized carbons (Fsp3) is 0.111. The lowest BCUT2D eigenvalue weighted by atomic mass is 10.1. The van der Waals surface area contributed by atoms with Crippen LogP contribution in [-0.2, 0) is 4.79 Å². The van der Waals surface area contributed by atoms with Gasteiger partial charge in [-0.1, -0.05) is 12.1 Å². The van der Waals surface area contributed by atoms with E-state index in [-0.39, 0.29) is 30.4 Å². The quantitative estimate of drug-likeness (QED) is 0.686. The molecular weight excluding hydrogens is 218 g/mol. The zero-order valence-electron chi connectivity index (χ0n) is 7.90. The van der Waals surface area contributed by atoms with Crippen LogP contribution in [0.25, 0.3) is 0 Å². The molecule has 0 bridgehead atoms. The van der Waals surface area contributed by atoms with Crippen LogP contribution in [0.1, 0.15) is 10.4 Å². The van der Waals surface area contributed by atoms with Crippen molar-refractivity contribution >= 4 is 29.9 Å². The summed E-state index contributed by atoms with van der Waals surface area (Å²) in [6.07, 6.45) is 0. The fourth-order valence-electron chi connectivity index (χ4n) is 1.01. The monoisotopic (exact) mass is 229 g/mol. The molecule has 1 aromatic carbocycles. The van der Waals surface area contributed by atoms with Gasteiger partial charge in [0.2, 0.25) is 5.91 Å². The third-order valence-corrected chi connectivity index (χ3v) is 1.65. The number of amides is 2. The van der Waals surface area contributed by atoms with E-state index in [4.69, 9.17) is 11.5 Å². The number of primary amides is 1. The Morgan fingerprint density at radius 3 is 2.40 bits per heavy atom. The maximum atomic E-state index is 11.0. The normalized spacial score (nSPS) is 8.87. The molecule has 15 heavy (non-hydrogen) atoms. The van der Waals surface area contributed by atoms with E-state index in [2.05, 4.69) is 5.32 Å². The van der Waals surface area contributed by atoms with Crippen LogP contribution >= 0.6 is 12.4 Å². The van der Waals surface area contributed by atoms with Gasteiger partial charge in [0.15, 0.2) is 0 Å². The topological polar surface area (TPSA) is 98.2 Å². The first-order valence-electron chi connectivity index (χ1n) is 4.04. The second-order valence-corrected chi connectivity index (χ2v) is 2.66. The molecule has 82 valence electrons. The van der Waals surface area contributed by atoms with E-state index in [9.17, 15) is 9.59 Å². The van der Waals surface area contributed by atoms with Crippen LogP contribution in [0.3, 0.4) is 0 Å². The van der Waals surface area contributed by atoms with Crippen LogP contribution in [0.4, 0.5) is 5.69 Å². The van der Waals surface area contributed by atoms with Gasteiger partial charge in [-0.3, -0.25) is 9.59 Å². The minimum Gasteiger partial charge on any atom is -0.366 e. The summed E-state index contributed by atoms with van der Waals surface area (Å²) in [7, 11) is 0. The summed E-state index contributed by atoms with van der Waals surface area (Å²) in [5, 5.41) is 2.48. The second-order valence-electron chi connectivity index (χ2n) is 2.66. The van der Waals surface area contributed by atoms with Crippen LogP contribution < -0.4 is 16.8 Å². The molecule has 1 aromatic rings. The first kappa shape index (κ1) is 13.4. The highest BCUT2D eigenvalue weighted by Crippen LogP contribution is 2.13. The largest absolute Gasteiger partial charge is 0.366 e. The average Bonchev–Trinajstić information content (AvgIpc) is 2.18. The maximum absolute atomic E-state index is 11.0. The first-order valence-corrected chi connectivity index (χ1v) is 4.04. The average molecular weight is 230 g/mol. The molecule has 0 aromatic heterocycles. The molecule has 0 heterocycles. The van der Waals surface area contributed by atoms with Crippen molar-refractivity contribution in [2.24, 2.45) is 11.5 Å². The lowest BCUT2D eigenvalue weighted by Crippen LogP contribution is -2.24. The van der Waals surface area contributed by atoms with Crippen molar-refractivity contribution in [3.63, 3.8) is 0 Å². The Hall–Kier alpha value is -1.59. The summed E-state index contributed by atoms with van der Waals surface area (Å²) in [6, 6.07) is 6.49. The van der Waals surface area contributed by atoms with E-state index in [1.165, 1.54) is 6.07 Å². The predicted molar refractivity (Wildman–Crippen MR) is 59.9 cm³/mol. The lowest BCUT2D eigenvalue weighted by Gasteiger charge is -2.06. The summed E-state index contributed by atoms with van der Waals surface area (Å²) in [5.74, 6) is -0.948. The molecule has 0 aliphatic carbocycles. The highest BCUT2D eigenvalue weighted by atomic mass is 35.5. The van der Waals surface area contributed by atoms with Crippen LogP contribution in [0.5, 0.6) is 0 Å². The molecule has 6 heteroatoms. The molecule has 0 fully saturated rings. The molecule has 0 aliphatic rings. The SMILES string of the molecule is Cl.NCC(=O)Nc1ccccc1C(N)=O. The number of halogens is 1. The maximum Gasteiger partial charge on any atom is 0.250 e. The molecule has 0 unspecified atom stereocenters. The summed E-state index contributed by atoms with van der Waals surface area (Å²) < 4.78 is 0. The number of nitrogens with one attached hydrogen (secondary N) is 1. The van der Waals surface area contributed by atoms with Crippen molar-refractivity contribution in [2.75, 3.05) is 11.9 Å². The Labute approximate surface area is 93.2 Å². The van der Waals surface area contributed by atoms with Gasteiger partial charge in [-0.05, 0) is 12.1 Å². The van der Waals surface area contributed by atoms with E-state index in [1.807, 2.05) is 0 Å². The van der Waals surface area contributed by atoms with Crippen LogP contribution in [0.2, 0.25) is 0 Å². The molecule has 0 saturated heterocycles. The predicted octanol–water partition coefficient (Wildman–Crippen LogP) is 0.105. The Bertz CT molecular complexity index is 368. The molecule has 0 spiro atoms. The van der Waals surface area contributed by atoms with Gasteiger partial charge >= 0.3 is 0 Å². The molecule has 0 atom stereocenters. The number of para-hydroxylation sites is 1. The molecular formula is C9H12ClN3O2. The standard InChI is InChI=1S/C9H11N3O2.ClH/c10-5-8(13)12-7-4-2-1-3-6(7)9(11)14;/h1-4H,5,10H2,(H2,11,14)(H,12,13);1H. The number of anilines is 1. The van der Waals surface area contributed by atoms with Gasteiger partial charge < -0.3 is 16.8 Å². The summed E-state index contributed by atoms with van der Waals surface area (Å²) >= 11 is 0. The van der Waals surface area contributed by atoms with Crippen molar-refractivity contribution in [1.29, 1.82) is 0 Å². The number of hydrogen-bond donors (Lipinski definition) is 3. The second kappa shape index (κ2) is 6.00. The van der Waals surface area contributed by atoms with Crippen LogP contribution in [-0.4, -0.2) is 18.4 Å². The summed E-state index contributed by atoms with van der Waals surface area (Å²) in [4.78, 5) is 21.9. The lowest BCUT2D eigenvalue weighted by molar-refractivity contribution is -0.114. The van der Waals surface area contributed by atoms with Crippen molar-refractivity contribution in [1.82, 2.24) is 0 Å². The summed E-state index contributed by atoms with van der Waals surface area (Å²) in [6.45, 7) is -0.132. The van der Waals surface area contributed by atoms with Gasteiger partial charge in [0.25, 0.3) is 5.91 Å². The van der Waals surface area contributed by atoms with Gasteiger partial charge in [0.05, 0.1) is 17.8 Å². The van der Waals surface area contributed by atoms with Gasteiger partial charge in [0, 0.05) is 0 Å².